The predicted octanol–water partition coefficient (Wildman–Crippen LogP) is 5.63. The molecule has 0 aliphatic carbocycles. The number of thiocarbonyl (C=S) groups is 1. The van der Waals surface area contributed by atoms with Gasteiger partial charge in [-0.15, -0.1) is 0 Å². The molecule has 1 N–H and O–H groups in total. The molecule has 0 radical (unpaired) electrons. The number of rotatable bonds is 7. The molecule has 0 aromatic heterocycles. The molecule has 0 aliphatic heterocycles. The first kappa shape index (κ1) is 19.9. The maximum Gasteiger partial charge on any atom is 0.136 e. The lowest BCUT2D eigenvalue weighted by Gasteiger charge is -2.21. The molecule has 0 aliphatic rings. The SMILES string of the molecule is CCN(CC)C(=S)SC/C(=N\Nc1ccc(Br)cc1)c1ccccc1. The van der Waals surface area contributed by atoms with Crippen LogP contribution in [0, 0.1) is 0 Å². The minimum atomic E-state index is 0.725. The average molecular weight is 436 g/mol. The summed E-state index contributed by atoms with van der Waals surface area (Å²) in [7, 11) is 0. The highest BCUT2D eigenvalue weighted by Crippen LogP contribution is 2.16. The fraction of sp³-hybridized carbons (Fsp3) is 0.263. The Hall–Kier alpha value is -1.37. The van der Waals surface area contributed by atoms with Crippen LogP contribution in [-0.4, -0.2) is 33.8 Å². The van der Waals surface area contributed by atoms with Gasteiger partial charge in [-0.2, -0.15) is 5.10 Å². The number of hydrogen-bond donors (Lipinski definition) is 1. The van der Waals surface area contributed by atoms with E-state index < -0.39 is 0 Å². The molecule has 0 saturated heterocycles. The summed E-state index contributed by atoms with van der Waals surface area (Å²) in [6, 6.07) is 18.2. The van der Waals surface area contributed by atoms with E-state index in [0.29, 0.717) is 0 Å². The van der Waals surface area contributed by atoms with Gasteiger partial charge in [0, 0.05) is 23.3 Å². The fourth-order valence-corrected chi connectivity index (χ4v) is 3.80. The van der Waals surface area contributed by atoms with Crippen molar-refractivity contribution in [1.29, 1.82) is 0 Å². The van der Waals surface area contributed by atoms with Crippen molar-refractivity contribution in [2.24, 2.45) is 5.10 Å². The Morgan fingerprint density at radius 1 is 1.08 bits per heavy atom. The topological polar surface area (TPSA) is 27.6 Å². The van der Waals surface area contributed by atoms with Crippen molar-refractivity contribution in [2.45, 2.75) is 13.8 Å². The first-order valence-corrected chi connectivity index (χ1v) is 10.4. The number of hydrazone groups is 1. The van der Waals surface area contributed by atoms with Gasteiger partial charge in [0.1, 0.15) is 4.32 Å². The zero-order valence-corrected chi connectivity index (χ0v) is 17.6. The van der Waals surface area contributed by atoms with Gasteiger partial charge in [0.2, 0.25) is 0 Å². The molecule has 0 amide bonds. The monoisotopic (exact) mass is 435 g/mol. The van der Waals surface area contributed by atoms with Crippen molar-refractivity contribution < 1.29 is 0 Å². The van der Waals surface area contributed by atoms with Crippen LogP contribution in [0.1, 0.15) is 19.4 Å². The van der Waals surface area contributed by atoms with Crippen LogP contribution in [0.25, 0.3) is 0 Å². The summed E-state index contributed by atoms with van der Waals surface area (Å²) in [6.07, 6.45) is 0. The number of nitrogens with one attached hydrogen (secondary N) is 1. The molecule has 6 heteroatoms. The third-order valence-electron chi connectivity index (χ3n) is 3.63. The van der Waals surface area contributed by atoms with Crippen molar-refractivity contribution in [1.82, 2.24) is 4.90 Å². The first-order valence-electron chi connectivity index (χ1n) is 8.19. The van der Waals surface area contributed by atoms with Crippen LogP contribution in [0.3, 0.4) is 0 Å². The van der Waals surface area contributed by atoms with Gasteiger partial charge in [0.15, 0.2) is 0 Å². The van der Waals surface area contributed by atoms with Gasteiger partial charge >= 0.3 is 0 Å². The highest BCUT2D eigenvalue weighted by molar-refractivity contribution is 9.10. The number of benzene rings is 2. The molecule has 0 heterocycles. The van der Waals surface area contributed by atoms with Crippen molar-refractivity contribution >= 4 is 55.6 Å². The molecular formula is C19H22BrN3S2. The maximum atomic E-state index is 5.54. The summed E-state index contributed by atoms with van der Waals surface area (Å²) in [5, 5.41) is 4.63. The normalized spacial score (nSPS) is 11.2. The summed E-state index contributed by atoms with van der Waals surface area (Å²) in [5.41, 5.74) is 6.17. The lowest BCUT2D eigenvalue weighted by molar-refractivity contribution is 0.482. The van der Waals surface area contributed by atoms with E-state index in [-0.39, 0.29) is 0 Å². The van der Waals surface area contributed by atoms with Crippen LogP contribution >= 0.6 is 39.9 Å². The van der Waals surface area contributed by atoms with Crippen LogP contribution in [-0.2, 0) is 0 Å². The van der Waals surface area contributed by atoms with E-state index in [1.807, 2.05) is 42.5 Å². The van der Waals surface area contributed by atoms with Gasteiger partial charge in [0.25, 0.3) is 0 Å². The molecule has 0 saturated carbocycles. The molecule has 0 atom stereocenters. The summed E-state index contributed by atoms with van der Waals surface area (Å²) in [6.45, 7) is 6.10. The first-order chi connectivity index (χ1) is 12.1. The zero-order valence-electron chi connectivity index (χ0n) is 14.4. The van der Waals surface area contributed by atoms with Crippen LogP contribution < -0.4 is 5.43 Å². The molecule has 0 bridgehead atoms. The third-order valence-corrected chi connectivity index (χ3v) is 5.69. The standard InChI is InChI=1S/C19H22BrN3S2/c1-3-23(4-2)19(24)25-14-18(15-8-6-5-7-9-15)22-21-17-12-10-16(20)11-13-17/h5-13,21H,3-4,14H2,1-2H3/b22-18+. The number of thioether (sulfide) groups is 1. The van der Waals surface area contributed by atoms with Gasteiger partial charge in [-0.1, -0.05) is 70.2 Å². The second kappa shape index (κ2) is 10.6. The quantitative estimate of drug-likeness (QED) is 0.346. The highest BCUT2D eigenvalue weighted by atomic mass is 79.9. The lowest BCUT2D eigenvalue weighted by atomic mass is 10.1. The Morgan fingerprint density at radius 3 is 2.32 bits per heavy atom. The Kier molecular flexibility index (Phi) is 8.44. The molecule has 0 spiro atoms. The Bertz CT molecular complexity index is 698. The van der Waals surface area contributed by atoms with E-state index in [1.54, 1.807) is 11.8 Å². The molecule has 0 unspecified atom stereocenters. The van der Waals surface area contributed by atoms with Crippen LogP contribution in [0.15, 0.2) is 64.2 Å². The largest absolute Gasteiger partial charge is 0.358 e. The summed E-state index contributed by atoms with van der Waals surface area (Å²) < 4.78 is 1.96. The molecule has 132 valence electrons. The van der Waals surface area contributed by atoms with Crippen molar-refractivity contribution in [3.8, 4) is 0 Å². The van der Waals surface area contributed by atoms with Crippen molar-refractivity contribution in [3.63, 3.8) is 0 Å². The third kappa shape index (κ3) is 6.45. The molecule has 2 rings (SSSR count). The van der Waals surface area contributed by atoms with Crippen LogP contribution in [0.5, 0.6) is 0 Å². The lowest BCUT2D eigenvalue weighted by Crippen LogP contribution is -2.27. The Labute approximate surface area is 168 Å². The zero-order chi connectivity index (χ0) is 18.1. The highest BCUT2D eigenvalue weighted by Gasteiger charge is 2.10. The average Bonchev–Trinajstić information content (AvgIpc) is 2.65. The van der Waals surface area contributed by atoms with Gasteiger partial charge in [-0.05, 0) is 43.7 Å². The second-order valence-electron chi connectivity index (χ2n) is 5.27. The summed E-state index contributed by atoms with van der Waals surface area (Å²) >= 11 is 10.6. The van der Waals surface area contributed by atoms with E-state index in [1.165, 1.54) is 0 Å². The van der Waals surface area contributed by atoms with Gasteiger partial charge in [-0.3, -0.25) is 5.43 Å². The van der Waals surface area contributed by atoms with Gasteiger partial charge in [-0.25, -0.2) is 0 Å². The van der Waals surface area contributed by atoms with Gasteiger partial charge < -0.3 is 4.90 Å². The molecular weight excluding hydrogens is 414 g/mol. The Morgan fingerprint density at radius 2 is 1.72 bits per heavy atom. The summed E-state index contributed by atoms with van der Waals surface area (Å²) in [4.78, 5) is 2.19. The van der Waals surface area contributed by atoms with E-state index in [0.717, 1.165) is 44.6 Å². The smallest absolute Gasteiger partial charge is 0.136 e. The molecule has 2 aromatic carbocycles. The minimum absolute atomic E-state index is 0.725. The van der Waals surface area contributed by atoms with Crippen molar-refractivity contribution in [2.75, 3.05) is 24.3 Å². The van der Waals surface area contributed by atoms with Gasteiger partial charge in [0.05, 0.1) is 11.4 Å². The second-order valence-corrected chi connectivity index (χ2v) is 7.79. The number of halogens is 1. The van der Waals surface area contributed by atoms with Crippen LogP contribution in [0.2, 0.25) is 0 Å². The molecule has 0 fully saturated rings. The number of nitrogens with zero attached hydrogens (tertiary/aromatic N) is 2. The molecule has 2 aromatic rings. The number of hydrogen-bond acceptors (Lipinski definition) is 4. The number of anilines is 1. The van der Waals surface area contributed by atoms with E-state index in [4.69, 9.17) is 12.2 Å². The minimum Gasteiger partial charge on any atom is -0.358 e. The maximum absolute atomic E-state index is 5.54. The fourth-order valence-electron chi connectivity index (χ4n) is 2.17. The van der Waals surface area contributed by atoms with Crippen LogP contribution in [0.4, 0.5) is 5.69 Å². The summed E-state index contributed by atoms with van der Waals surface area (Å²) in [5.74, 6) is 0.725. The molecule has 3 nitrogen and oxygen atoms in total. The Balaban J connectivity index is 2.12. The van der Waals surface area contributed by atoms with Crippen molar-refractivity contribution in [3.05, 3.63) is 64.6 Å². The van der Waals surface area contributed by atoms with E-state index >= 15 is 0 Å². The predicted molar refractivity (Wildman–Crippen MR) is 119 cm³/mol. The van der Waals surface area contributed by atoms with E-state index in [2.05, 4.69) is 57.3 Å². The molecule has 25 heavy (non-hydrogen) atoms. The van der Waals surface area contributed by atoms with E-state index in [9.17, 15) is 0 Å².